The van der Waals surface area contributed by atoms with Crippen LogP contribution in [0.25, 0.3) is 0 Å². The van der Waals surface area contributed by atoms with Gasteiger partial charge in [0.2, 0.25) is 6.17 Å². The number of nitrogens with zero attached hydrogens (tertiary/aromatic N) is 2. The van der Waals surface area contributed by atoms with Gasteiger partial charge in [0.05, 0.1) is 6.20 Å². The van der Waals surface area contributed by atoms with E-state index in [2.05, 4.69) is 5.10 Å². The first kappa shape index (κ1) is 8.70. The molecule has 66 valence electrons. The molecule has 1 atom stereocenters. The first-order chi connectivity index (χ1) is 5.59. The van der Waals surface area contributed by atoms with E-state index < -0.39 is 12.1 Å². The zero-order chi connectivity index (χ0) is 9.14. The van der Waals surface area contributed by atoms with E-state index in [1.54, 1.807) is 13.2 Å². The average molecular weight is 172 g/mol. The summed E-state index contributed by atoms with van der Waals surface area (Å²) in [5.74, 6) is -1.43. The molecule has 0 aliphatic heterocycles. The maximum Gasteiger partial charge on any atom is 0.338 e. The third-order valence-electron chi connectivity index (χ3n) is 1.44. The second-order valence-corrected chi connectivity index (χ2v) is 2.53. The molecule has 0 saturated carbocycles. The normalized spacial score (nSPS) is 12.8. The Morgan fingerprint density at radius 2 is 2.58 bits per heavy atom. The lowest BCUT2D eigenvalue weighted by Gasteiger charge is -1.98. The molecule has 0 aromatic carbocycles. The summed E-state index contributed by atoms with van der Waals surface area (Å²) in [5.41, 5.74) is 0.590. The van der Waals surface area contributed by atoms with Gasteiger partial charge in [0.25, 0.3) is 0 Å². The van der Waals surface area contributed by atoms with Gasteiger partial charge in [-0.1, -0.05) is 0 Å². The molecule has 0 amide bonds. The zero-order valence-corrected chi connectivity index (χ0v) is 6.57. The molecule has 0 radical (unpaired) electrons. The zero-order valence-electron chi connectivity index (χ0n) is 6.57. The number of halogens is 1. The number of aliphatic carboxylic acids is 1. The van der Waals surface area contributed by atoms with Crippen molar-refractivity contribution in [1.29, 1.82) is 0 Å². The largest absolute Gasteiger partial charge is 0.479 e. The fraction of sp³-hybridized carbons (Fsp3) is 0.429. The van der Waals surface area contributed by atoms with Crippen LogP contribution in [0.5, 0.6) is 0 Å². The molecule has 1 heterocycles. The second kappa shape index (κ2) is 3.34. The van der Waals surface area contributed by atoms with Crippen molar-refractivity contribution in [3.05, 3.63) is 18.0 Å². The van der Waals surface area contributed by atoms with Gasteiger partial charge in [-0.05, 0) is 5.56 Å². The molecule has 1 unspecified atom stereocenters. The third-order valence-corrected chi connectivity index (χ3v) is 1.44. The van der Waals surface area contributed by atoms with E-state index >= 15 is 0 Å². The highest BCUT2D eigenvalue weighted by molar-refractivity contribution is 5.72. The average Bonchev–Trinajstić information content (AvgIpc) is 2.35. The highest BCUT2D eigenvalue weighted by Crippen LogP contribution is 2.04. The molecule has 12 heavy (non-hydrogen) atoms. The molecule has 5 heteroatoms. The van der Waals surface area contributed by atoms with Crippen molar-refractivity contribution in [3.63, 3.8) is 0 Å². The van der Waals surface area contributed by atoms with Crippen molar-refractivity contribution in [1.82, 2.24) is 9.78 Å². The number of carbonyl (C=O) groups is 1. The van der Waals surface area contributed by atoms with Crippen molar-refractivity contribution in [2.24, 2.45) is 7.05 Å². The molecule has 1 N–H and O–H groups in total. The summed E-state index contributed by atoms with van der Waals surface area (Å²) in [6.45, 7) is 0. The van der Waals surface area contributed by atoms with Crippen LogP contribution in [-0.2, 0) is 18.3 Å². The maximum atomic E-state index is 12.6. The van der Waals surface area contributed by atoms with Crippen LogP contribution in [0.2, 0.25) is 0 Å². The van der Waals surface area contributed by atoms with E-state index in [1.807, 2.05) is 0 Å². The van der Waals surface area contributed by atoms with Crippen molar-refractivity contribution < 1.29 is 14.3 Å². The Bertz CT molecular complexity index is 285. The first-order valence-corrected chi connectivity index (χ1v) is 3.44. The van der Waals surface area contributed by atoms with E-state index in [9.17, 15) is 9.18 Å². The van der Waals surface area contributed by atoms with Crippen molar-refractivity contribution >= 4 is 5.97 Å². The van der Waals surface area contributed by atoms with Gasteiger partial charge in [-0.25, -0.2) is 9.18 Å². The molecule has 1 aromatic rings. The van der Waals surface area contributed by atoms with Gasteiger partial charge in [0.15, 0.2) is 0 Å². The lowest BCUT2D eigenvalue weighted by molar-refractivity contribution is -0.142. The smallest absolute Gasteiger partial charge is 0.338 e. The topological polar surface area (TPSA) is 55.1 Å². The number of carboxylic acid groups (broad SMARTS) is 1. The van der Waals surface area contributed by atoms with Crippen LogP contribution in [0.1, 0.15) is 5.56 Å². The maximum absolute atomic E-state index is 12.6. The van der Waals surface area contributed by atoms with Crippen LogP contribution < -0.4 is 0 Å². The first-order valence-electron chi connectivity index (χ1n) is 3.44. The molecule has 4 nitrogen and oxygen atoms in total. The highest BCUT2D eigenvalue weighted by Gasteiger charge is 2.16. The monoisotopic (exact) mass is 172 g/mol. The lowest BCUT2D eigenvalue weighted by atomic mass is 10.2. The van der Waals surface area contributed by atoms with Crippen molar-refractivity contribution in [2.45, 2.75) is 12.6 Å². The number of alkyl halides is 1. The highest BCUT2D eigenvalue weighted by atomic mass is 19.1. The number of hydrogen-bond donors (Lipinski definition) is 1. The number of rotatable bonds is 3. The van der Waals surface area contributed by atoms with E-state index in [1.165, 1.54) is 10.9 Å². The Morgan fingerprint density at radius 1 is 1.92 bits per heavy atom. The van der Waals surface area contributed by atoms with Gasteiger partial charge >= 0.3 is 5.97 Å². The second-order valence-electron chi connectivity index (χ2n) is 2.53. The summed E-state index contributed by atoms with van der Waals surface area (Å²) in [6, 6.07) is 0. The summed E-state index contributed by atoms with van der Waals surface area (Å²) < 4.78 is 14.1. The van der Waals surface area contributed by atoms with E-state index in [-0.39, 0.29) is 6.42 Å². The third kappa shape index (κ3) is 2.05. The fourth-order valence-corrected chi connectivity index (χ4v) is 0.872. The molecule has 0 spiro atoms. The standard InChI is InChI=1S/C7H9FN2O2/c1-10-4-5(3-9-10)2-6(8)7(11)12/h3-4,6H,2H2,1H3,(H,11,12). The minimum absolute atomic E-state index is 0.122. The summed E-state index contributed by atoms with van der Waals surface area (Å²) in [7, 11) is 1.69. The van der Waals surface area contributed by atoms with Crippen LogP contribution in [-0.4, -0.2) is 27.0 Å². The summed E-state index contributed by atoms with van der Waals surface area (Å²) in [5, 5.41) is 12.0. The molecule has 0 bridgehead atoms. The van der Waals surface area contributed by atoms with E-state index in [0.717, 1.165) is 0 Å². The minimum Gasteiger partial charge on any atom is -0.479 e. The molecule has 1 aromatic heterocycles. The Kier molecular flexibility index (Phi) is 2.42. The molecular weight excluding hydrogens is 163 g/mol. The van der Waals surface area contributed by atoms with E-state index in [4.69, 9.17) is 5.11 Å². The SMILES string of the molecule is Cn1cc(CC(F)C(=O)O)cn1. The van der Waals surface area contributed by atoms with Crippen molar-refractivity contribution in [3.8, 4) is 0 Å². The summed E-state index contributed by atoms with van der Waals surface area (Å²) in [4.78, 5) is 10.1. The quantitative estimate of drug-likeness (QED) is 0.717. The van der Waals surface area contributed by atoms with Gasteiger partial charge in [-0.2, -0.15) is 5.10 Å². The van der Waals surface area contributed by atoms with Gasteiger partial charge in [-0.15, -0.1) is 0 Å². The Hall–Kier alpha value is -1.39. The van der Waals surface area contributed by atoms with Gasteiger partial charge in [0.1, 0.15) is 0 Å². The van der Waals surface area contributed by atoms with Gasteiger partial charge < -0.3 is 5.11 Å². The van der Waals surface area contributed by atoms with Gasteiger partial charge in [-0.3, -0.25) is 4.68 Å². The predicted molar refractivity (Wildman–Crippen MR) is 39.4 cm³/mol. The molecular formula is C7H9FN2O2. The van der Waals surface area contributed by atoms with Crippen LogP contribution in [0.4, 0.5) is 4.39 Å². The Morgan fingerprint density at radius 3 is 3.00 bits per heavy atom. The lowest BCUT2D eigenvalue weighted by Crippen LogP contribution is -2.16. The number of aryl methyl sites for hydroxylation is 1. The van der Waals surface area contributed by atoms with Crippen LogP contribution in [0, 0.1) is 0 Å². The summed E-state index contributed by atoms with van der Waals surface area (Å²) in [6.07, 6.45) is 1.09. The van der Waals surface area contributed by atoms with Crippen LogP contribution >= 0.6 is 0 Å². The number of carboxylic acids is 1. The fourth-order valence-electron chi connectivity index (χ4n) is 0.872. The van der Waals surface area contributed by atoms with Gasteiger partial charge in [0, 0.05) is 19.7 Å². The molecule has 0 aliphatic carbocycles. The Labute approximate surface area is 68.6 Å². The molecule has 0 aliphatic rings. The number of hydrogen-bond acceptors (Lipinski definition) is 2. The predicted octanol–water partition coefficient (Wildman–Crippen LogP) is 0.385. The van der Waals surface area contributed by atoms with Crippen molar-refractivity contribution in [2.75, 3.05) is 0 Å². The number of aromatic nitrogens is 2. The molecule has 0 fully saturated rings. The molecule has 0 saturated heterocycles. The van der Waals surface area contributed by atoms with Crippen LogP contribution in [0.3, 0.4) is 0 Å². The van der Waals surface area contributed by atoms with Crippen LogP contribution in [0.15, 0.2) is 12.4 Å². The molecule has 1 rings (SSSR count). The van der Waals surface area contributed by atoms with E-state index in [0.29, 0.717) is 5.56 Å². The minimum atomic E-state index is -1.84. The summed E-state index contributed by atoms with van der Waals surface area (Å²) >= 11 is 0. The Balaban J connectivity index is 2.58.